The van der Waals surface area contributed by atoms with Gasteiger partial charge in [0.05, 0.1) is 38.0 Å². The van der Waals surface area contributed by atoms with Gasteiger partial charge in [0.25, 0.3) is 0 Å². The SMILES string of the molecule is COC(=O)[C@@H]1C[C@H](OC(=O)CN(C)C)C(=O)[C@H]2[C@@]1(C)CC[C@H]1C(=O)O[C@H](c3ccoc3)C[C@]21C. The van der Waals surface area contributed by atoms with Crippen LogP contribution in [0.1, 0.15) is 51.2 Å². The van der Waals surface area contributed by atoms with Crippen LogP contribution < -0.4 is 0 Å². The van der Waals surface area contributed by atoms with E-state index in [2.05, 4.69) is 0 Å². The van der Waals surface area contributed by atoms with Crippen molar-refractivity contribution in [1.29, 1.82) is 0 Å². The van der Waals surface area contributed by atoms with Gasteiger partial charge < -0.3 is 18.6 Å². The molecule has 2 saturated carbocycles. The molecule has 9 nitrogen and oxygen atoms in total. The van der Waals surface area contributed by atoms with Crippen LogP contribution >= 0.6 is 0 Å². The highest BCUT2D eigenvalue weighted by Crippen LogP contribution is 2.65. The summed E-state index contributed by atoms with van der Waals surface area (Å²) in [4.78, 5) is 54.2. The maximum Gasteiger partial charge on any atom is 0.320 e. The van der Waals surface area contributed by atoms with Gasteiger partial charge in [-0.15, -0.1) is 0 Å². The number of likely N-dealkylation sites (N-methyl/N-ethyl adjacent to an activating group) is 1. The molecule has 2 aliphatic carbocycles. The number of fused-ring (bicyclic) bond motifs is 3. The molecule has 0 bridgehead atoms. The molecule has 1 aromatic rings. The van der Waals surface area contributed by atoms with Gasteiger partial charge in [0.2, 0.25) is 0 Å². The van der Waals surface area contributed by atoms with Crippen LogP contribution in [0.15, 0.2) is 23.0 Å². The normalized spacial score (nSPS) is 37.4. The van der Waals surface area contributed by atoms with Crippen molar-refractivity contribution in [2.75, 3.05) is 27.7 Å². The van der Waals surface area contributed by atoms with E-state index in [0.717, 1.165) is 5.56 Å². The summed E-state index contributed by atoms with van der Waals surface area (Å²) < 4.78 is 21.7. The van der Waals surface area contributed by atoms with Crippen molar-refractivity contribution in [3.8, 4) is 0 Å². The number of esters is 3. The van der Waals surface area contributed by atoms with Crippen LogP contribution in [-0.4, -0.2) is 62.4 Å². The highest BCUT2D eigenvalue weighted by Gasteiger charge is 2.67. The summed E-state index contributed by atoms with van der Waals surface area (Å²) in [6.45, 7) is 3.89. The van der Waals surface area contributed by atoms with Crippen LogP contribution in [0.4, 0.5) is 0 Å². The second-order valence-corrected chi connectivity index (χ2v) is 10.7. The third-order valence-electron chi connectivity index (χ3n) is 8.22. The summed E-state index contributed by atoms with van der Waals surface area (Å²) in [5, 5.41) is 0. The fourth-order valence-electron chi connectivity index (χ4n) is 6.72. The smallest absolute Gasteiger partial charge is 0.320 e. The minimum absolute atomic E-state index is 0.0172. The van der Waals surface area contributed by atoms with Crippen LogP contribution in [0.5, 0.6) is 0 Å². The average molecular weight is 476 g/mol. The molecule has 0 unspecified atom stereocenters. The Morgan fingerprint density at radius 2 is 1.94 bits per heavy atom. The Balaban J connectivity index is 1.74. The Bertz CT molecular complexity index is 972. The number of carbonyl (C=O) groups excluding carboxylic acids is 4. The summed E-state index contributed by atoms with van der Waals surface area (Å²) in [5.74, 6) is -3.37. The van der Waals surface area contributed by atoms with Gasteiger partial charge >= 0.3 is 17.9 Å². The zero-order valence-electron chi connectivity index (χ0n) is 20.4. The second-order valence-electron chi connectivity index (χ2n) is 10.7. The van der Waals surface area contributed by atoms with Crippen molar-refractivity contribution in [2.24, 2.45) is 28.6 Å². The lowest BCUT2D eigenvalue weighted by Crippen LogP contribution is -2.64. The number of Topliss-reactive ketones (excluding diaryl/α,β-unsaturated/α-hetero) is 1. The number of carbonyl (C=O) groups is 4. The lowest BCUT2D eigenvalue weighted by atomic mass is 9.43. The first-order valence-corrected chi connectivity index (χ1v) is 11.7. The molecule has 34 heavy (non-hydrogen) atoms. The van der Waals surface area contributed by atoms with Crippen molar-refractivity contribution < 1.29 is 37.8 Å². The molecule has 7 atom stereocenters. The largest absolute Gasteiger partial charge is 0.472 e. The lowest BCUT2D eigenvalue weighted by Gasteiger charge is -2.61. The van der Waals surface area contributed by atoms with E-state index in [9.17, 15) is 19.2 Å². The summed E-state index contributed by atoms with van der Waals surface area (Å²) in [7, 11) is 4.79. The molecule has 9 heteroatoms. The van der Waals surface area contributed by atoms with Gasteiger partial charge in [-0.3, -0.25) is 24.1 Å². The molecular weight excluding hydrogens is 442 g/mol. The van der Waals surface area contributed by atoms with Gasteiger partial charge in [0.15, 0.2) is 11.9 Å². The molecule has 0 aromatic carbocycles. The van der Waals surface area contributed by atoms with Gasteiger partial charge in [-0.25, -0.2) is 0 Å². The maximum atomic E-state index is 14.0. The van der Waals surface area contributed by atoms with E-state index in [0.29, 0.717) is 19.3 Å². The van der Waals surface area contributed by atoms with Gasteiger partial charge in [0.1, 0.15) is 6.10 Å². The first-order chi connectivity index (χ1) is 16.0. The summed E-state index contributed by atoms with van der Waals surface area (Å²) in [6, 6.07) is 1.75. The first kappa shape index (κ1) is 24.4. The fraction of sp³-hybridized carbons (Fsp3) is 0.680. The van der Waals surface area contributed by atoms with Crippen LogP contribution in [0.3, 0.4) is 0 Å². The third kappa shape index (κ3) is 3.93. The monoisotopic (exact) mass is 475 g/mol. The Kier molecular flexibility index (Phi) is 6.35. The molecule has 4 rings (SSSR count). The van der Waals surface area contributed by atoms with E-state index >= 15 is 0 Å². The molecule has 1 aromatic heterocycles. The van der Waals surface area contributed by atoms with E-state index in [4.69, 9.17) is 18.6 Å². The number of nitrogens with zero attached hydrogens (tertiary/aromatic N) is 1. The van der Waals surface area contributed by atoms with Crippen LogP contribution in [-0.2, 0) is 33.4 Å². The Labute approximate surface area is 199 Å². The van der Waals surface area contributed by atoms with Crippen molar-refractivity contribution in [3.63, 3.8) is 0 Å². The predicted molar refractivity (Wildman–Crippen MR) is 118 cm³/mol. The molecular formula is C25H33NO8. The van der Waals surface area contributed by atoms with Crippen molar-refractivity contribution in [3.05, 3.63) is 24.2 Å². The van der Waals surface area contributed by atoms with Crippen molar-refractivity contribution in [1.82, 2.24) is 4.90 Å². The highest BCUT2D eigenvalue weighted by molar-refractivity contribution is 5.93. The van der Waals surface area contributed by atoms with Crippen LogP contribution in [0.25, 0.3) is 0 Å². The number of methoxy groups -OCH3 is 1. The zero-order chi connectivity index (χ0) is 24.8. The minimum atomic E-state index is -1.07. The quantitative estimate of drug-likeness (QED) is 0.468. The summed E-state index contributed by atoms with van der Waals surface area (Å²) in [6.07, 6.45) is 2.90. The van der Waals surface area contributed by atoms with Crippen LogP contribution in [0.2, 0.25) is 0 Å². The number of ether oxygens (including phenoxy) is 3. The summed E-state index contributed by atoms with van der Waals surface area (Å²) in [5.41, 5.74) is -0.805. The van der Waals surface area contributed by atoms with E-state index in [-0.39, 0.29) is 24.7 Å². The molecule has 0 N–H and O–H groups in total. The van der Waals surface area contributed by atoms with Gasteiger partial charge in [-0.1, -0.05) is 13.8 Å². The Morgan fingerprint density at radius 3 is 2.56 bits per heavy atom. The molecule has 1 saturated heterocycles. The van der Waals surface area contributed by atoms with E-state index in [1.54, 1.807) is 25.1 Å². The number of ketones is 1. The van der Waals surface area contributed by atoms with Gasteiger partial charge in [0, 0.05) is 17.9 Å². The average Bonchev–Trinajstić information content (AvgIpc) is 3.28. The topological polar surface area (TPSA) is 112 Å². The lowest BCUT2D eigenvalue weighted by molar-refractivity contribution is -0.210. The van der Waals surface area contributed by atoms with E-state index in [1.807, 2.05) is 13.8 Å². The van der Waals surface area contributed by atoms with Crippen LogP contribution in [0, 0.1) is 28.6 Å². The highest BCUT2D eigenvalue weighted by atomic mass is 16.6. The fourth-order valence-corrected chi connectivity index (χ4v) is 6.72. The number of hydrogen-bond acceptors (Lipinski definition) is 9. The molecule has 3 aliphatic rings. The summed E-state index contributed by atoms with van der Waals surface area (Å²) >= 11 is 0. The first-order valence-electron chi connectivity index (χ1n) is 11.7. The van der Waals surface area contributed by atoms with E-state index in [1.165, 1.54) is 19.6 Å². The maximum absolute atomic E-state index is 14.0. The zero-order valence-corrected chi connectivity index (χ0v) is 20.4. The number of furan rings is 1. The van der Waals surface area contributed by atoms with Gasteiger partial charge in [-0.2, -0.15) is 0 Å². The van der Waals surface area contributed by atoms with E-state index < -0.39 is 52.7 Å². The molecule has 3 fully saturated rings. The molecule has 2 heterocycles. The number of hydrogen-bond donors (Lipinski definition) is 0. The molecule has 0 amide bonds. The molecule has 1 aliphatic heterocycles. The van der Waals surface area contributed by atoms with Crippen molar-refractivity contribution in [2.45, 2.75) is 51.7 Å². The molecule has 186 valence electrons. The number of rotatable bonds is 5. The molecule has 0 radical (unpaired) electrons. The van der Waals surface area contributed by atoms with Crippen molar-refractivity contribution >= 4 is 23.7 Å². The van der Waals surface area contributed by atoms with Gasteiger partial charge in [-0.05, 0) is 50.3 Å². The second kappa shape index (κ2) is 8.83. The Morgan fingerprint density at radius 1 is 1.21 bits per heavy atom. The minimum Gasteiger partial charge on any atom is -0.472 e. The third-order valence-corrected chi connectivity index (χ3v) is 8.22. The standard InChI is InChI=1S/C25H33NO8/c1-24-8-6-15-23(30)34-18(14-7-9-32-13-14)11-25(15,2)21(24)20(28)17(10-16(24)22(29)31-5)33-19(27)12-26(3)4/h7,9,13,15-18,21H,6,8,10-12H2,1-5H3/t15-,16-,17-,18-,21-,24-,25-/m0/s1. The Hall–Kier alpha value is -2.68. The molecule has 0 spiro atoms. The predicted octanol–water partition coefficient (Wildman–Crippen LogP) is 2.54. The number of cyclic esters (lactones) is 1.